The average molecular weight is 369 g/mol. The maximum Gasteiger partial charge on any atom is 0.294 e. The van der Waals surface area contributed by atoms with Crippen LogP contribution in [0.3, 0.4) is 0 Å². The summed E-state index contributed by atoms with van der Waals surface area (Å²) in [4.78, 5) is 0.0134. The van der Waals surface area contributed by atoms with E-state index in [-0.39, 0.29) is 17.1 Å². The maximum absolute atomic E-state index is 11.5. The molecule has 1 fully saturated rings. The van der Waals surface area contributed by atoms with Crippen LogP contribution in [0.1, 0.15) is 75.8 Å². The summed E-state index contributed by atoms with van der Waals surface area (Å²) in [6.07, 6.45) is 12.3. The molecule has 0 aliphatic carbocycles. The fourth-order valence-electron chi connectivity index (χ4n) is 3.43. The number of benzene rings is 1. The second-order valence-electron chi connectivity index (χ2n) is 7.27. The van der Waals surface area contributed by atoms with E-state index in [1.807, 2.05) is 13.0 Å². The van der Waals surface area contributed by atoms with E-state index in [9.17, 15) is 13.0 Å². The summed E-state index contributed by atoms with van der Waals surface area (Å²) in [7, 11) is -4.18. The predicted octanol–water partition coefficient (Wildman–Crippen LogP) is 5.08. The molecule has 142 valence electrons. The van der Waals surface area contributed by atoms with Crippen LogP contribution in [0.2, 0.25) is 0 Å². The highest BCUT2D eigenvalue weighted by Crippen LogP contribution is 2.32. The second-order valence-corrected chi connectivity index (χ2v) is 8.66. The van der Waals surface area contributed by atoms with Gasteiger partial charge in [-0.3, -0.25) is 4.55 Å². The fraction of sp³-hybridized carbons (Fsp3) is 0.700. The van der Waals surface area contributed by atoms with E-state index in [1.54, 1.807) is 6.07 Å². The van der Waals surface area contributed by atoms with E-state index < -0.39 is 10.1 Å². The number of epoxide rings is 1. The summed E-state index contributed by atoms with van der Waals surface area (Å²) in [5.41, 5.74) is 1.65. The minimum Gasteiger partial charge on any atom is -0.369 e. The smallest absolute Gasteiger partial charge is 0.294 e. The van der Waals surface area contributed by atoms with Crippen molar-refractivity contribution in [3.8, 4) is 0 Å². The van der Waals surface area contributed by atoms with E-state index in [0.717, 1.165) is 12.0 Å². The van der Waals surface area contributed by atoms with Gasteiger partial charge in [-0.15, -0.1) is 0 Å². The molecule has 0 radical (unpaired) electrons. The van der Waals surface area contributed by atoms with Gasteiger partial charge in [0.1, 0.15) is 0 Å². The zero-order chi connectivity index (χ0) is 18.3. The Morgan fingerprint density at radius 3 is 2.28 bits per heavy atom. The minimum atomic E-state index is -4.18. The summed E-state index contributed by atoms with van der Waals surface area (Å²) in [6.45, 7) is 4.16. The Morgan fingerprint density at radius 1 is 1.00 bits per heavy atom. The standard InChI is InChI=1S/C20H32O4S/c1-3-4-5-6-7-8-9-10-11-18-19(24-18)15-17-14-16(2)12-13-20(17)25(21,22)23/h12-14,18-19H,3-11,15H2,1-2H3,(H,21,22,23). The number of hydrogen-bond acceptors (Lipinski definition) is 3. The lowest BCUT2D eigenvalue weighted by atomic mass is 10.0. The normalized spacial score (nSPS) is 20.0. The third kappa shape index (κ3) is 7.08. The number of unbranched alkanes of at least 4 members (excludes halogenated alkanes) is 7. The highest BCUT2D eigenvalue weighted by molar-refractivity contribution is 7.85. The lowest BCUT2D eigenvalue weighted by Gasteiger charge is -2.07. The first-order valence-corrected chi connectivity index (χ1v) is 11.1. The third-order valence-corrected chi connectivity index (χ3v) is 5.90. The molecule has 1 heterocycles. The minimum absolute atomic E-state index is 0.0134. The van der Waals surface area contributed by atoms with E-state index in [4.69, 9.17) is 4.74 Å². The van der Waals surface area contributed by atoms with Crippen LogP contribution in [0, 0.1) is 6.92 Å². The van der Waals surface area contributed by atoms with E-state index in [2.05, 4.69) is 6.92 Å². The van der Waals surface area contributed by atoms with Gasteiger partial charge in [0.15, 0.2) is 0 Å². The molecule has 25 heavy (non-hydrogen) atoms. The fourth-order valence-corrected chi connectivity index (χ4v) is 4.14. The van der Waals surface area contributed by atoms with Crippen molar-refractivity contribution >= 4 is 10.1 Å². The first-order chi connectivity index (χ1) is 11.9. The molecule has 1 saturated heterocycles. The van der Waals surface area contributed by atoms with Crippen molar-refractivity contribution in [2.75, 3.05) is 0 Å². The molecule has 0 aromatic heterocycles. The molecular formula is C20H32O4S. The van der Waals surface area contributed by atoms with Crippen LogP contribution in [0.15, 0.2) is 23.1 Å². The molecule has 0 amide bonds. The van der Waals surface area contributed by atoms with Crippen LogP contribution in [-0.4, -0.2) is 25.2 Å². The van der Waals surface area contributed by atoms with Crippen molar-refractivity contribution in [2.24, 2.45) is 0 Å². The lowest BCUT2D eigenvalue weighted by molar-refractivity contribution is 0.356. The van der Waals surface area contributed by atoms with Gasteiger partial charge < -0.3 is 4.74 Å². The highest BCUT2D eigenvalue weighted by Gasteiger charge is 2.38. The topological polar surface area (TPSA) is 66.9 Å². The van der Waals surface area contributed by atoms with Gasteiger partial charge in [-0.05, 0) is 25.0 Å². The van der Waals surface area contributed by atoms with E-state index in [1.165, 1.54) is 57.4 Å². The SMILES string of the molecule is CCCCCCCCCCC1OC1Cc1cc(C)ccc1S(=O)(=O)O. The van der Waals surface area contributed by atoms with Gasteiger partial charge in [0, 0.05) is 6.42 Å². The van der Waals surface area contributed by atoms with Gasteiger partial charge >= 0.3 is 0 Å². The van der Waals surface area contributed by atoms with Crippen molar-refractivity contribution in [1.82, 2.24) is 0 Å². The van der Waals surface area contributed by atoms with Crippen molar-refractivity contribution in [1.29, 1.82) is 0 Å². The molecule has 0 spiro atoms. The van der Waals surface area contributed by atoms with Crippen LogP contribution in [-0.2, 0) is 21.3 Å². The van der Waals surface area contributed by atoms with Gasteiger partial charge in [0.25, 0.3) is 10.1 Å². The van der Waals surface area contributed by atoms with Crippen LogP contribution in [0.25, 0.3) is 0 Å². The second kappa shape index (κ2) is 9.70. The van der Waals surface area contributed by atoms with Crippen LogP contribution in [0.4, 0.5) is 0 Å². The Bertz CT molecular complexity index is 639. The first-order valence-electron chi connectivity index (χ1n) is 9.64. The number of aryl methyl sites for hydroxylation is 1. The number of rotatable bonds is 12. The Hall–Kier alpha value is -0.910. The largest absolute Gasteiger partial charge is 0.369 e. The van der Waals surface area contributed by atoms with Crippen LogP contribution >= 0.6 is 0 Å². The monoisotopic (exact) mass is 368 g/mol. The van der Waals surface area contributed by atoms with Gasteiger partial charge in [0.05, 0.1) is 17.1 Å². The molecule has 5 heteroatoms. The molecule has 1 aromatic carbocycles. The van der Waals surface area contributed by atoms with Gasteiger partial charge in [-0.1, -0.05) is 76.0 Å². The molecule has 2 atom stereocenters. The van der Waals surface area contributed by atoms with Crippen LogP contribution < -0.4 is 0 Å². The molecule has 1 aliphatic heterocycles. The predicted molar refractivity (Wildman–Crippen MR) is 101 cm³/mol. The molecule has 1 aliphatic rings. The zero-order valence-corrected chi connectivity index (χ0v) is 16.4. The number of hydrogen-bond donors (Lipinski definition) is 1. The molecule has 4 nitrogen and oxygen atoms in total. The highest BCUT2D eigenvalue weighted by atomic mass is 32.2. The summed E-state index contributed by atoms with van der Waals surface area (Å²) >= 11 is 0. The molecule has 0 saturated carbocycles. The van der Waals surface area contributed by atoms with Crippen molar-refractivity contribution in [2.45, 2.75) is 95.2 Å². The Balaban J connectivity index is 1.69. The quantitative estimate of drug-likeness (QED) is 0.317. The van der Waals surface area contributed by atoms with Gasteiger partial charge in [-0.25, -0.2) is 0 Å². The molecular weight excluding hydrogens is 336 g/mol. The molecule has 2 unspecified atom stereocenters. The molecule has 1 aromatic rings. The molecule has 2 rings (SSSR count). The third-order valence-electron chi connectivity index (χ3n) is 4.94. The first kappa shape index (κ1) is 20.4. The van der Waals surface area contributed by atoms with Crippen molar-refractivity contribution < 1.29 is 17.7 Å². The molecule has 0 bridgehead atoms. The van der Waals surface area contributed by atoms with Gasteiger partial charge in [0.2, 0.25) is 0 Å². The van der Waals surface area contributed by atoms with E-state index in [0.29, 0.717) is 12.0 Å². The zero-order valence-electron chi connectivity index (χ0n) is 15.5. The molecule has 1 N–H and O–H groups in total. The summed E-state index contributed by atoms with van der Waals surface area (Å²) in [6, 6.07) is 5.02. The maximum atomic E-state index is 11.5. The Labute approximate surface area is 152 Å². The Kier molecular flexibility index (Phi) is 7.91. The summed E-state index contributed by atoms with van der Waals surface area (Å²) in [5.74, 6) is 0. The van der Waals surface area contributed by atoms with Crippen molar-refractivity contribution in [3.63, 3.8) is 0 Å². The summed E-state index contributed by atoms with van der Waals surface area (Å²) < 4.78 is 38.1. The van der Waals surface area contributed by atoms with Crippen LogP contribution in [0.5, 0.6) is 0 Å². The summed E-state index contributed by atoms with van der Waals surface area (Å²) in [5, 5.41) is 0. The van der Waals surface area contributed by atoms with Gasteiger partial charge in [-0.2, -0.15) is 8.42 Å². The van der Waals surface area contributed by atoms with E-state index >= 15 is 0 Å². The number of ether oxygens (including phenoxy) is 1. The Morgan fingerprint density at radius 2 is 1.64 bits per heavy atom. The average Bonchev–Trinajstić information content (AvgIpc) is 3.26. The lowest BCUT2D eigenvalue weighted by Crippen LogP contribution is -2.07. The van der Waals surface area contributed by atoms with Crippen molar-refractivity contribution in [3.05, 3.63) is 29.3 Å².